The van der Waals surface area contributed by atoms with Crippen molar-refractivity contribution in [2.75, 3.05) is 0 Å². The quantitative estimate of drug-likeness (QED) is 0.779. The molecule has 0 amide bonds. The predicted octanol–water partition coefficient (Wildman–Crippen LogP) is 3.98. The molecule has 0 atom stereocenters. The summed E-state index contributed by atoms with van der Waals surface area (Å²) in [7, 11) is 1.96. The number of nitrogens with zero attached hydrogens (tertiary/aromatic N) is 3. The molecule has 2 aromatic rings. The highest BCUT2D eigenvalue weighted by Crippen LogP contribution is 2.36. The highest BCUT2D eigenvalue weighted by molar-refractivity contribution is 6.30. The van der Waals surface area contributed by atoms with Gasteiger partial charge in [-0.05, 0) is 25.8 Å². The van der Waals surface area contributed by atoms with Crippen LogP contribution in [0.1, 0.15) is 49.5 Å². The maximum absolute atomic E-state index is 6.21. The number of hydrogen-bond donors (Lipinski definition) is 0. The van der Waals surface area contributed by atoms with E-state index in [2.05, 4.69) is 4.98 Å². The van der Waals surface area contributed by atoms with Crippen LogP contribution in [0.5, 0.6) is 0 Å². The van der Waals surface area contributed by atoms with E-state index in [-0.39, 0.29) is 0 Å². The number of aromatic nitrogens is 3. The van der Waals surface area contributed by atoms with E-state index in [1.165, 1.54) is 37.8 Å². The molecule has 0 radical (unpaired) electrons. The molecule has 1 aliphatic carbocycles. The molecular weight excluding hydrogens is 246 g/mol. The van der Waals surface area contributed by atoms with Crippen LogP contribution in [0.4, 0.5) is 0 Å². The maximum atomic E-state index is 6.21. The first-order valence-corrected chi connectivity index (χ1v) is 7.04. The van der Waals surface area contributed by atoms with E-state index in [0.29, 0.717) is 5.92 Å². The van der Waals surface area contributed by atoms with Crippen LogP contribution in [0.3, 0.4) is 0 Å². The number of aryl methyl sites for hydroxylation is 2. The van der Waals surface area contributed by atoms with E-state index in [1.807, 2.05) is 24.6 Å². The molecule has 2 heterocycles. The summed E-state index contributed by atoms with van der Waals surface area (Å²) in [6.07, 6.45) is 6.49. The molecule has 4 heteroatoms. The molecule has 3 rings (SSSR count). The smallest absolute Gasteiger partial charge is 0.144 e. The number of fused-ring (bicyclic) bond motifs is 1. The number of hydrogen-bond acceptors (Lipinski definition) is 2. The van der Waals surface area contributed by atoms with Gasteiger partial charge in [-0.2, -0.15) is 0 Å². The molecule has 96 valence electrons. The standard InChI is InChI=1S/C14H18ClN3/c1-9-16-13(10-6-4-3-5-7-10)11-8-12(15)18(2)14(11)17-9/h8,10H,3-7H2,1-2H3. The van der Waals surface area contributed by atoms with Crippen LogP contribution >= 0.6 is 11.6 Å². The van der Waals surface area contributed by atoms with Crippen LogP contribution in [0, 0.1) is 6.92 Å². The van der Waals surface area contributed by atoms with Gasteiger partial charge in [0.15, 0.2) is 0 Å². The van der Waals surface area contributed by atoms with Gasteiger partial charge in [-0.3, -0.25) is 0 Å². The highest BCUT2D eigenvalue weighted by atomic mass is 35.5. The Balaban J connectivity index is 2.17. The van der Waals surface area contributed by atoms with Crippen molar-refractivity contribution in [2.45, 2.75) is 44.9 Å². The third kappa shape index (κ3) is 1.91. The van der Waals surface area contributed by atoms with E-state index in [1.54, 1.807) is 0 Å². The van der Waals surface area contributed by atoms with Crippen LogP contribution < -0.4 is 0 Å². The zero-order valence-corrected chi connectivity index (χ0v) is 11.7. The first-order valence-electron chi connectivity index (χ1n) is 6.66. The van der Waals surface area contributed by atoms with Gasteiger partial charge in [-0.1, -0.05) is 30.9 Å². The Morgan fingerprint density at radius 3 is 2.67 bits per heavy atom. The fourth-order valence-corrected chi connectivity index (χ4v) is 3.18. The fraction of sp³-hybridized carbons (Fsp3) is 0.571. The average Bonchev–Trinajstić information content (AvgIpc) is 2.66. The van der Waals surface area contributed by atoms with Crippen molar-refractivity contribution in [2.24, 2.45) is 7.05 Å². The van der Waals surface area contributed by atoms with Gasteiger partial charge in [0.2, 0.25) is 0 Å². The van der Waals surface area contributed by atoms with Gasteiger partial charge in [-0.15, -0.1) is 0 Å². The van der Waals surface area contributed by atoms with E-state index < -0.39 is 0 Å². The van der Waals surface area contributed by atoms with Gasteiger partial charge in [0.1, 0.15) is 16.6 Å². The largest absolute Gasteiger partial charge is 0.319 e. The van der Waals surface area contributed by atoms with Gasteiger partial charge in [-0.25, -0.2) is 9.97 Å². The molecular formula is C14H18ClN3. The molecule has 18 heavy (non-hydrogen) atoms. The SMILES string of the molecule is Cc1nc(C2CCCCC2)c2cc(Cl)n(C)c2n1. The number of rotatable bonds is 1. The maximum Gasteiger partial charge on any atom is 0.144 e. The zero-order chi connectivity index (χ0) is 12.7. The molecule has 0 spiro atoms. The van der Waals surface area contributed by atoms with Crippen molar-refractivity contribution in [3.05, 3.63) is 22.7 Å². The summed E-state index contributed by atoms with van der Waals surface area (Å²) in [5, 5.41) is 1.88. The molecule has 3 nitrogen and oxygen atoms in total. The Morgan fingerprint density at radius 2 is 1.94 bits per heavy atom. The third-order valence-electron chi connectivity index (χ3n) is 3.96. The summed E-state index contributed by atoms with van der Waals surface area (Å²) in [4.78, 5) is 9.22. The van der Waals surface area contributed by atoms with Crippen molar-refractivity contribution < 1.29 is 0 Å². The minimum Gasteiger partial charge on any atom is -0.319 e. The fourth-order valence-electron chi connectivity index (χ4n) is 2.99. The predicted molar refractivity (Wildman–Crippen MR) is 74.1 cm³/mol. The van der Waals surface area contributed by atoms with Crippen LogP contribution in [0.15, 0.2) is 6.07 Å². The lowest BCUT2D eigenvalue weighted by atomic mass is 9.86. The summed E-state index contributed by atoms with van der Waals surface area (Å²) in [5.41, 5.74) is 2.17. The summed E-state index contributed by atoms with van der Waals surface area (Å²) >= 11 is 6.21. The molecule has 0 saturated heterocycles. The minimum atomic E-state index is 0.585. The van der Waals surface area contributed by atoms with E-state index in [0.717, 1.165) is 22.0 Å². The van der Waals surface area contributed by atoms with Gasteiger partial charge in [0.05, 0.1) is 5.69 Å². The zero-order valence-electron chi connectivity index (χ0n) is 10.9. The van der Waals surface area contributed by atoms with E-state index >= 15 is 0 Å². The summed E-state index contributed by atoms with van der Waals surface area (Å²) < 4.78 is 1.94. The second-order valence-electron chi connectivity index (χ2n) is 5.25. The lowest BCUT2D eigenvalue weighted by Gasteiger charge is -2.21. The lowest BCUT2D eigenvalue weighted by molar-refractivity contribution is 0.438. The van der Waals surface area contributed by atoms with Crippen LogP contribution in [-0.2, 0) is 7.05 Å². The van der Waals surface area contributed by atoms with Crippen molar-refractivity contribution in [1.82, 2.24) is 14.5 Å². The van der Waals surface area contributed by atoms with Gasteiger partial charge < -0.3 is 4.57 Å². The molecule has 0 unspecified atom stereocenters. The highest BCUT2D eigenvalue weighted by Gasteiger charge is 2.21. The lowest BCUT2D eigenvalue weighted by Crippen LogP contribution is -2.09. The summed E-state index contributed by atoms with van der Waals surface area (Å²) in [6.45, 7) is 1.96. The second kappa shape index (κ2) is 4.54. The summed E-state index contributed by atoms with van der Waals surface area (Å²) in [5.74, 6) is 1.43. The molecule has 0 aliphatic heterocycles. The molecule has 1 fully saturated rings. The second-order valence-corrected chi connectivity index (χ2v) is 5.64. The molecule has 0 aromatic carbocycles. The molecule has 0 bridgehead atoms. The van der Waals surface area contributed by atoms with Crippen LogP contribution in [0.2, 0.25) is 5.15 Å². The van der Waals surface area contributed by atoms with E-state index in [4.69, 9.17) is 16.6 Å². The van der Waals surface area contributed by atoms with Crippen molar-refractivity contribution in [3.8, 4) is 0 Å². The van der Waals surface area contributed by atoms with Gasteiger partial charge in [0, 0.05) is 18.4 Å². The Bertz CT molecular complexity index is 582. The monoisotopic (exact) mass is 263 g/mol. The number of halogens is 1. The van der Waals surface area contributed by atoms with Crippen LogP contribution in [-0.4, -0.2) is 14.5 Å². The first-order chi connectivity index (χ1) is 8.66. The minimum absolute atomic E-state index is 0.585. The third-order valence-corrected chi connectivity index (χ3v) is 4.32. The Morgan fingerprint density at radius 1 is 1.22 bits per heavy atom. The Hall–Kier alpha value is -1.09. The molecule has 0 N–H and O–H groups in total. The molecule has 2 aromatic heterocycles. The van der Waals surface area contributed by atoms with Crippen molar-refractivity contribution in [3.63, 3.8) is 0 Å². The van der Waals surface area contributed by atoms with Gasteiger partial charge >= 0.3 is 0 Å². The molecule has 1 saturated carbocycles. The van der Waals surface area contributed by atoms with Crippen molar-refractivity contribution >= 4 is 22.6 Å². The first kappa shape index (κ1) is 12.0. The Labute approximate surface area is 112 Å². The van der Waals surface area contributed by atoms with E-state index in [9.17, 15) is 0 Å². The summed E-state index contributed by atoms with van der Waals surface area (Å²) in [6, 6.07) is 2.01. The average molecular weight is 264 g/mol. The Kier molecular flexibility index (Phi) is 3.02. The topological polar surface area (TPSA) is 30.7 Å². The van der Waals surface area contributed by atoms with Crippen molar-refractivity contribution in [1.29, 1.82) is 0 Å². The normalized spacial score (nSPS) is 17.5. The van der Waals surface area contributed by atoms with Gasteiger partial charge in [0.25, 0.3) is 0 Å². The van der Waals surface area contributed by atoms with Crippen LogP contribution in [0.25, 0.3) is 11.0 Å². The molecule has 1 aliphatic rings.